The summed E-state index contributed by atoms with van der Waals surface area (Å²) in [4.78, 5) is 38.1. The second-order valence-electron chi connectivity index (χ2n) is 19.9. The molecular weight excluding hydrogens is 853 g/mol. The summed E-state index contributed by atoms with van der Waals surface area (Å²) in [6.07, 6.45) is 72.3. The topological polar surface area (TPSA) is 78.9 Å². The van der Waals surface area contributed by atoms with Crippen molar-refractivity contribution in [2.24, 2.45) is 0 Å². The van der Waals surface area contributed by atoms with Crippen LogP contribution in [0.2, 0.25) is 0 Å². The zero-order chi connectivity index (χ0) is 50.0. The van der Waals surface area contributed by atoms with E-state index in [1.54, 1.807) is 0 Å². The van der Waals surface area contributed by atoms with Crippen molar-refractivity contribution >= 4 is 17.9 Å². The molecule has 0 N–H and O–H groups in total. The second-order valence-corrected chi connectivity index (χ2v) is 19.9. The Bertz CT molecular complexity index is 1250. The van der Waals surface area contributed by atoms with Crippen LogP contribution in [-0.4, -0.2) is 37.2 Å². The van der Waals surface area contributed by atoms with Gasteiger partial charge in [-0.2, -0.15) is 0 Å². The number of hydrogen-bond donors (Lipinski definition) is 0. The largest absolute Gasteiger partial charge is 0.462 e. The van der Waals surface area contributed by atoms with Crippen LogP contribution in [0.25, 0.3) is 0 Å². The van der Waals surface area contributed by atoms with Crippen molar-refractivity contribution in [3.8, 4) is 0 Å². The van der Waals surface area contributed by atoms with Gasteiger partial charge in [-0.25, -0.2) is 0 Å². The van der Waals surface area contributed by atoms with E-state index >= 15 is 0 Å². The van der Waals surface area contributed by atoms with Crippen LogP contribution in [0.1, 0.15) is 303 Å². The first-order chi connectivity index (χ1) is 34.0. The summed E-state index contributed by atoms with van der Waals surface area (Å²) in [6, 6.07) is 0. The van der Waals surface area contributed by atoms with E-state index in [1.807, 2.05) is 0 Å². The lowest BCUT2D eigenvalue weighted by molar-refractivity contribution is -0.167. The fourth-order valence-corrected chi connectivity index (χ4v) is 8.59. The lowest BCUT2D eigenvalue weighted by Gasteiger charge is -2.18. The van der Waals surface area contributed by atoms with Crippen LogP contribution in [0.3, 0.4) is 0 Å². The molecule has 6 heteroatoms. The molecule has 0 aromatic rings. The van der Waals surface area contributed by atoms with E-state index in [9.17, 15) is 14.4 Å². The van der Waals surface area contributed by atoms with Gasteiger partial charge in [-0.1, -0.05) is 281 Å². The van der Waals surface area contributed by atoms with Gasteiger partial charge in [0.05, 0.1) is 0 Å². The van der Waals surface area contributed by atoms with Crippen LogP contribution in [0, 0.1) is 0 Å². The summed E-state index contributed by atoms with van der Waals surface area (Å²) >= 11 is 0. The van der Waals surface area contributed by atoms with Crippen LogP contribution >= 0.6 is 0 Å². The van der Waals surface area contributed by atoms with Gasteiger partial charge in [-0.3, -0.25) is 14.4 Å². The highest BCUT2D eigenvalue weighted by Crippen LogP contribution is 2.17. The van der Waals surface area contributed by atoms with Gasteiger partial charge in [0, 0.05) is 19.3 Å². The molecule has 1 atom stereocenters. The van der Waals surface area contributed by atoms with Gasteiger partial charge < -0.3 is 14.2 Å². The predicted molar refractivity (Wildman–Crippen MR) is 298 cm³/mol. The summed E-state index contributed by atoms with van der Waals surface area (Å²) in [6.45, 7) is 6.54. The molecule has 0 aliphatic carbocycles. The average molecular weight is 966 g/mol. The van der Waals surface area contributed by atoms with E-state index in [2.05, 4.69) is 81.5 Å². The summed E-state index contributed by atoms with van der Waals surface area (Å²) in [5, 5.41) is 0. The van der Waals surface area contributed by atoms with Crippen molar-refractivity contribution in [2.45, 2.75) is 309 Å². The molecule has 0 radical (unpaired) electrons. The van der Waals surface area contributed by atoms with E-state index < -0.39 is 6.10 Å². The van der Waals surface area contributed by atoms with Gasteiger partial charge in [0.25, 0.3) is 0 Å². The number of unbranched alkanes of at least 4 members (excludes halogenated alkanes) is 33. The monoisotopic (exact) mass is 965 g/mol. The zero-order valence-electron chi connectivity index (χ0n) is 45.8. The SMILES string of the molecule is CC/C=C\C/C=C\C/C=C\C/C=C\C/C=C\CCCCCCCCCCCCCC(=O)OCC(COC(=O)CCCCCCCCCCC)OC(=O)CCCCCCCCCCCCCCCCC. The van der Waals surface area contributed by atoms with E-state index in [4.69, 9.17) is 14.2 Å². The molecule has 6 nitrogen and oxygen atoms in total. The molecule has 1 unspecified atom stereocenters. The van der Waals surface area contributed by atoms with Crippen molar-refractivity contribution in [1.82, 2.24) is 0 Å². The molecule has 0 heterocycles. The van der Waals surface area contributed by atoms with Crippen LogP contribution in [-0.2, 0) is 28.6 Å². The molecule has 0 saturated heterocycles. The quantitative estimate of drug-likeness (QED) is 0.0262. The number of rotatable bonds is 54. The molecular formula is C63H112O6. The summed E-state index contributed by atoms with van der Waals surface area (Å²) in [5.41, 5.74) is 0. The maximum atomic E-state index is 12.8. The molecule has 0 aliphatic heterocycles. The fourth-order valence-electron chi connectivity index (χ4n) is 8.59. The zero-order valence-corrected chi connectivity index (χ0v) is 45.8. The highest BCUT2D eigenvalue weighted by molar-refractivity contribution is 5.71. The van der Waals surface area contributed by atoms with Gasteiger partial charge in [-0.15, -0.1) is 0 Å². The molecule has 69 heavy (non-hydrogen) atoms. The third-order valence-electron chi connectivity index (χ3n) is 13.0. The van der Waals surface area contributed by atoms with Crippen molar-refractivity contribution in [3.05, 3.63) is 60.8 Å². The summed E-state index contributed by atoms with van der Waals surface area (Å²) in [7, 11) is 0. The highest BCUT2D eigenvalue weighted by atomic mass is 16.6. The predicted octanol–water partition coefficient (Wildman–Crippen LogP) is 20.0. The summed E-state index contributed by atoms with van der Waals surface area (Å²) in [5.74, 6) is -0.862. The minimum atomic E-state index is -0.770. The number of carbonyl (C=O) groups is 3. The van der Waals surface area contributed by atoms with Gasteiger partial charge in [0.2, 0.25) is 0 Å². The third kappa shape index (κ3) is 55.9. The number of allylic oxidation sites excluding steroid dienone is 10. The Morgan fingerprint density at radius 2 is 0.565 bits per heavy atom. The first kappa shape index (κ1) is 66.1. The molecule has 400 valence electrons. The van der Waals surface area contributed by atoms with E-state index in [0.29, 0.717) is 19.3 Å². The number of hydrogen-bond acceptors (Lipinski definition) is 6. The lowest BCUT2D eigenvalue weighted by atomic mass is 10.0. The molecule has 0 fully saturated rings. The average Bonchev–Trinajstić information content (AvgIpc) is 3.35. The maximum absolute atomic E-state index is 12.8. The molecule has 0 rings (SSSR count). The van der Waals surface area contributed by atoms with Crippen molar-refractivity contribution in [2.75, 3.05) is 13.2 Å². The number of esters is 3. The third-order valence-corrected chi connectivity index (χ3v) is 13.0. The Balaban J connectivity index is 4.17. The highest BCUT2D eigenvalue weighted by Gasteiger charge is 2.19. The van der Waals surface area contributed by atoms with Gasteiger partial charge in [-0.05, 0) is 64.2 Å². The second kappa shape index (κ2) is 57.7. The fraction of sp³-hybridized carbons (Fsp3) is 0.794. The number of ether oxygens (including phenoxy) is 3. The molecule has 0 saturated carbocycles. The molecule has 0 aromatic heterocycles. The Labute approximate surface area is 428 Å². The Hall–Kier alpha value is -2.89. The molecule has 0 bridgehead atoms. The van der Waals surface area contributed by atoms with Gasteiger partial charge in [0.1, 0.15) is 13.2 Å². The van der Waals surface area contributed by atoms with Crippen LogP contribution < -0.4 is 0 Å². The van der Waals surface area contributed by atoms with E-state index in [-0.39, 0.29) is 31.1 Å². The number of carbonyl (C=O) groups excluding carboxylic acids is 3. The van der Waals surface area contributed by atoms with Gasteiger partial charge in [0.15, 0.2) is 6.10 Å². The van der Waals surface area contributed by atoms with E-state index in [1.165, 1.54) is 173 Å². The normalized spacial score (nSPS) is 12.4. The lowest BCUT2D eigenvalue weighted by Crippen LogP contribution is -2.30. The minimum Gasteiger partial charge on any atom is -0.462 e. The Morgan fingerprint density at radius 3 is 0.884 bits per heavy atom. The van der Waals surface area contributed by atoms with Crippen LogP contribution in [0.4, 0.5) is 0 Å². The van der Waals surface area contributed by atoms with Crippen molar-refractivity contribution in [3.63, 3.8) is 0 Å². The Kier molecular flexibility index (Phi) is 55.3. The first-order valence-corrected chi connectivity index (χ1v) is 29.8. The molecule has 0 aromatic carbocycles. The van der Waals surface area contributed by atoms with Crippen molar-refractivity contribution < 1.29 is 28.6 Å². The smallest absolute Gasteiger partial charge is 0.306 e. The van der Waals surface area contributed by atoms with Crippen molar-refractivity contribution in [1.29, 1.82) is 0 Å². The first-order valence-electron chi connectivity index (χ1n) is 29.8. The maximum Gasteiger partial charge on any atom is 0.306 e. The molecule has 0 amide bonds. The van der Waals surface area contributed by atoms with Crippen LogP contribution in [0.5, 0.6) is 0 Å². The standard InChI is InChI=1S/C63H112O6/c1-4-7-10-13-16-19-21-23-25-26-27-28-29-30-31-32-33-34-35-36-38-39-41-44-47-50-53-56-62(65)68-59-60(58-67-61(64)55-52-49-46-43-18-15-12-9-6-3)69-63(66)57-54-51-48-45-42-40-37-24-22-20-17-14-11-8-5-2/h7,10,16,19,23,25,27-28,30-31,60H,4-6,8-9,11-15,17-18,20-22,24,26,29,32-59H2,1-3H3/b10-7-,19-16-,25-23-,28-27-,31-30-. The van der Waals surface area contributed by atoms with Crippen LogP contribution in [0.15, 0.2) is 60.8 Å². The van der Waals surface area contributed by atoms with Gasteiger partial charge >= 0.3 is 17.9 Å². The summed E-state index contributed by atoms with van der Waals surface area (Å²) < 4.78 is 16.8. The molecule has 0 aliphatic rings. The van der Waals surface area contributed by atoms with E-state index in [0.717, 1.165) is 89.9 Å². The minimum absolute atomic E-state index is 0.0702. The molecule has 0 spiro atoms. The Morgan fingerprint density at radius 1 is 0.304 bits per heavy atom.